The van der Waals surface area contributed by atoms with Crippen LogP contribution >= 0.6 is 0 Å². The van der Waals surface area contributed by atoms with Crippen LogP contribution in [0, 0.1) is 0 Å². The van der Waals surface area contributed by atoms with Gasteiger partial charge in [0, 0.05) is 39.2 Å². The molecule has 1 aliphatic rings. The molecule has 8 heteroatoms. The van der Waals surface area contributed by atoms with Crippen LogP contribution in [-0.2, 0) is 19.0 Å². The van der Waals surface area contributed by atoms with E-state index in [0.29, 0.717) is 32.8 Å². The van der Waals surface area contributed by atoms with Crippen molar-refractivity contribution < 1.29 is 23.8 Å². The van der Waals surface area contributed by atoms with E-state index in [1.54, 1.807) is 0 Å². The van der Waals surface area contributed by atoms with E-state index < -0.39 is 11.7 Å². The summed E-state index contributed by atoms with van der Waals surface area (Å²) in [5.41, 5.74) is 4.70. The lowest BCUT2D eigenvalue weighted by Gasteiger charge is -2.26. The van der Waals surface area contributed by atoms with Gasteiger partial charge < -0.3 is 25.3 Å². The summed E-state index contributed by atoms with van der Waals surface area (Å²) in [7, 11) is 0. The Balaban J connectivity index is 2.28. The molecule has 0 bridgehead atoms. The number of hydrogen-bond donors (Lipinski definition) is 2. The lowest BCUT2D eigenvalue weighted by Crippen LogP contribution is -2.40. The predicted octanol–water partition coefficient (Wildman–Crippen LogP) is 1.23. The smallest absolute Gasteiger partial charge is 0.407 e. The van der Waals surface area contributed by atoms with E-state index in [9.17, 15) is 9.59 Å². The van der Waals surface area contributed by atoms with E-state index >= 15 is 0 Å². The molecule has 2 amide bonds. The van der Waals surface area contributed by atoms with Gasteiger partial charge in [-0.1, -0.05) is 0 Å². The molecule has 0 aromatic heterocycles. The zero-order valence-electron chi connectivity index (χ0n) is 15.7. The van der Waals surface area contributed by atoms with E-state index in [-0.39, 0.29) is 18.6 Å². The largest absolute Gasteiger partial charge is 0.444 e. The van der Waals surface area contributed by atoms with Gasteiger partial charge in [-0.3, -0.25) is 9.69 Å². The normalized spacial score (nSPS) is 18.2. The van der Waals surface area contributed by atoms with E-state index in [2.05, 4.69) is 5.32 Å². The van der Waals surface area contributed by atoms with Gasteiger partial charge >= 0.3 is 6.09 Å². The number of nitrogens with two attached hydrogens (primary N) is 1. The van der Waals surface area contributed by atoms with Crippen LogP contribution in [0.25, 0.3) is 0 Å². The Morgan fingerprint density at radius 1 is 1.24 bits per heavy atom. The van der Waals surface area contributed by atoms with Crippen molar-refractivity contribution in [2.24, 2.45) is 5.73 Å². The molecular weight excluding hydrogens is 326 g/mol. The fraction of sp³-hybridized carbons (Fsp3) is 0.882. The first-order valence-corrected chi connectivity index (χ1v) is 8.97. The summed E-state index contributed by atoms with van der Waals surface area (Å²) in [6.07, 6.45) is 2.81. The molecule has 0 spiro atoms. The Hall–Kier alpha value is -1.38. The summed E-state index contributed by atoms with van der Waals surface area (Å²) < 4.78 is 16.4. The number of carbonyl (C=O) groups excluding carboxylic acids is 2. The Labute approximate surface area is 150 Å². The second kappa shape index (κ2) is 11.3. The average Bonchev–Trinajstić information content (AvgIpc) is 2.51. The van der Waals surface area contributed by atoms with Crippen LogP contribution in [0.4, 0.5) is 4.79 Å². The first kappa shape index (κ1) is 21.7. The Bertz CT molecular complexity index is 406. The molecule has 1 heterocycles. The van der Waals surface area contributed by atoms with Crippen LogP contribution in [0.1, 0.15) is 46.5 Å². The molecule has 0 radical (unpaired) electrons. The van der Waals surface area contributed by atoms with E-state index in [0.717, 1.165) is 25.9 Å². The Kier molecular flexibility index (Phi) is 9.77. The predicted molar refractivity (Wildman–Crippen MR) is 94.0 cm³/mol. The van der Waals surface area contributed by atoms with Crippen molar-refractivity contribution in [1.29, 1.82) is 0 Å². The second-order valence-electron chi connectivity index (χ2n) is 7.15. The summed E-state index contributed by atoms with van der Waals surface area (Å²) in [4.78, 5) is 24.7. The number of nitrogens with one attached hydrogen (secondary N) is 1. The van der Waals surface area contributed by atoms with Crippen LogP contribution in [0.2, 0.25) is 0 Å². The number of primary amides is 1. The maximum atomic E-state index is 11.7. The fourth-order valence-corrected chi connectivity index (χ4v) is 2.39. The number of nitrogens with zero attached hydrogens (tertiary/aromatic N) is 1. The summed E-state index contributed by atoms with van der Waals surface area (Å²) in [5, 5.41) is 2.71. The zero-order chi connectivity index (χ0) is 18.7. The minimum Gasteiger partial charge on any atom is -0.444 e. The number of hydrogen-bond acceptors (Lipinski definition) is 6. The van der Waals surface area contributed by atoms with Gasteiger partial charge in [-0.2, -0.15) is 0 Å². The highest BCUT2D eigenvalue weighted by Gasteiger charge is 2.17. The second-order valence-corrected chi connectivity index (χ2v) is 7.15. The molecular formula is C17H33N3O5. The molecule has 1 atom stereocenters. The third-order valence-corrected chi connectivity index (χ3v) is 3.62. The zero-order valence-corrected chi connectivity index (χ0v) is 15.7. The quantitative estimate of drug-likeness (QED) is 0.608. The van der Waals surface area contributed by atoms with Gasteiger partial charge in [-0.05, 0) is 40.0 Å². The molecule has 0 aromatic carbocycles. The van der Waals surface area contributed by atoms with E-state index in [1.165, 1.54) is 0 Å². The van der Waals surface area contributed by atoms with E-state index in [1.807, 2.05) is 25.7 Å². The number of amides is 2. The molecule has 3 N–H and O–H groups in total. The molecule has 0 saturated carbocycles. The highest BCUT2D eigenvalue weighted by Crippen LogP contribution is 2.13. The minimum absolute atomic E-state index is 0.133. The van der Waals surface area contributed by atoms with Crippen molar-refractivity contribution in [2.45, 2.75) is 58.3 Å². The standard InChI is InChI=1S/C17H33N3O5/c1-17(2,3)25-16(22)19-8-10-20(9-7-14(18)21)11-13-24-15-6-4-5-12-23-15/h15H,4-13H2,1-3H3,(H2,18,21)(H,19,22). The Morgan fingerprint density at radius 2 is 2.00 bits per heavy atom. The van der Waals surface area contributed by atoms with Crippen molar-refractivity contribution >= 4 is 12.0 Å². The molecule has 1 aliphatic heterocycles. The van der Waals surface area contributed by atoms with Gasteiger partial charge in [-0.15, -0.1) is 0 Å². The number of ether oxygens (including phenoxy) is 3. The number of rotatable bonds is 10. The molecule has 1 rings (SSSR count). The summed E-state index contributed by atoms with van der Waals surface area (Å²) in [6.45, 7) is 8.88. The van der Waals surface area contributed by atoms with Gasteiger partial charge in [0.1, 0.15) is 5.60 Å². The monoisotopic (exact) mass is 359 g/mol. The van der Waals surface area contributed by atoms with Crippen molar-refractivity contribution in [3.05, 3.63) is 0 Å². The first-order valence-electron chi connectivity index (χ1n) is 8.97. The molecule has 1 saturated heterocycles. The van der Waals surface area contributed by atoms with Crippen LogP contribution in [0.15, 0.2) is 0 Å². The third-order valence-electron chi connectivity index (χ3n) is 3.62. The minimum atomic E-state index is -0.524. The van der Waals surface area contributed by atoms with Gasteiger partial charge in [-0.25, -0.2) is 4.79 Å². The van der Waals surface area contributed by atoms with Crippen molar-refractivity contribution in [2.75, 3.05) is 39.4 Å². The van der Waals surface area contributed by atoms with Crippen molar-refractivity contribution in [3.63, 3.8) is 0 Å². The molecule has 0 aliphatic carbocycles. The number of alkyl carbamates (subject to hydrolysis) is 1. The molecule has 1 unspecified atom stereocenters. The van der Waals surface area contributed by atoms with Gasteiger partial charge in [0.05, 0.1) is 6.61 Å². The summed E-state index contributed by atoms with van der Waals surface area (Å²) in [5.74, 6) is -0.346. The molecule has 146 valence electrons. The van der Waals surface area contributed by atoms with Crippen LogP contribution in [-0.4, -0.2) is 68.2 Å². The first-order chi connectivity index (χ1) is 11.8. The maximum absolute atomic E-state index is 11.7. The summed E-state index contributed by atoms with van der Waals surface area (Å²) >= 11 is 0. The van der Waals surface area contributed by atoms with E-state index in [4.69, 9.17) is 19.9 Å². The van der Waals surface area contributed by atoms with Crippen LogP contribution < -0.4 is 11.1 Å². The highest BCUT2D eigenvalue weighted by atomic mass is 16.7. The maximum Gasteiger partial charge on any atom is 0.407 e. The van der Waals surface area contributed by atoms with Crippen molar-refractivity contribution in [3.8, 4) is 0 Å². The topological polar surface area (TPSA) is 103 Å². The van der Waals surface area contributed by atoms with Crippen LogP contribution in [0.3, 0.4) is 0 Å². The number of carbonyl (C=O) groups is 2. The molecule has 0 aromatic rings. The van der Waals surface area contributed by atoms with Gasteiger partial charge in [0.2, 0.25) is 5.91 Å². The van der Waals surface area contributed by atoms with Gasteiger partial charge in [0.15, 0.2) is 6.29 Å². The molecule has 25 heavy (non-hydrogen) atoms. The summed E-state index contributed by atoms with van der Waals surface area (Å²) in [6, 6.07) is 0. The highest BCUT2D eigenvalue weighted by molar-refractivity contribution is 5.73. The Morgan fingerprint density at radius 3 is 2.60 bits per heavy atom. The molecule has 8 nitrogen and oxygen atoms in total. The SMILES string of the molecule is CC(C)(C)OC(=O)NCCN(CCOC1CCCCO1)CCC(N)=O. The fourth-order valence-electron chi connectivity index (χ4n) is 2.39. The third kappa shape index (κ3) is 11.7. The lowest BCUT2D eigenvalue weighted by atomic mass is 10.2. The van der Waals surface area contributed by atoms with Crippen LogP contribution in [0.5, 0.6) is 0 Å². The lowest BCUT2D eigenvalue weighted by molar-refractivity contribution is -0.164. The molecule has 1 fully saturated rings. The van der Waals surface area contributed by atoms with Crippen molar-refractivity contribution in [1.82, 2.24) is 10.2 Å². The van der Waals surface area contributed by atoms with Gasteiger partial charge in [0.25, 0.3) is 0 Å². The average molecular weight is 359 g/mol.